The van der Waals surface area contributed by atoms with Gasteiger partial charge in [0.25, 0.3) is 0 Å². The van der Waals surface area contributed by atoms with Crippen LogP contribution in [0, 0.1) is 5.82 Å². The second-order valence-corrected chi connectivity index (χ2v) is 6.16. The quantitative estimate of drug-likeness (QED) is 0.600. The number of furan rings is 1. The molecule has 3 aromatic rings. The first-order valence-electron chi connectivity index (χ1n) is 7.82. The molecule has 2 heterocycles. The number of halogens is 1. The van der Waals surface area contributed by atoms with Gasteiger partial charge < -0.3 is 18.8 Å². The van der Waals surface area contributed by atoms with E-state index in [2.05, 4.69) is 10.2 Å². The molecule has 2 aromatic heterocycles. The lowest BCUT2D eigenvalue weighted by Gasteiger charge is -2.09. The Kier molecular flexibility index (Phi) is 5.57. The molecule has 0 saturated carbocycles. The number of hydrogen-bond acceptors (Lipinski definition) is 6. The molecule has 0 aliphatic carbocycles. The smallest absolute Gasteiger partial charge is 0.371 e. The number of rotatable bonds is 8. The molecule has 1 aromatic carbocycles. The fourth-order valence-electron chi connectivity index (χ4n) is 2.26. The summed E-state index contributed by atoms with van der Waals surface area (Å²) in [5.41, 5.74) is 0. The number of carboxylic acid groups (broad SMARTS) is 1. The van der Waals surface area contributed by atoms with Gasteiger partial charge in [-0.3, -0.25) is 0 Å². The van der Waals surface area contributed by atoms with Crippen molar-refractivity contribution in [3.05, 3.63) is 59.6 Å². The number of hydrogen-bond donors (Lipinski definition) is 1. The van der Waals surface area contributed by atoms with Crippen LogP contribution in [0.5, 0.6) is 5.75 Å². The summed E-state index contributed by atoms with van der Waals surface area (Å²) < 4.78 is 26.2. The Hall–Kier alpha value is -2.81. The monoisotopic (exact) mass is 377 g/mol. The molecule has 9 heteroatoms. The van der Waals surface area contributed by atoms with E-state index in [1.807, 2.05) is 11.5 Å². The van der Waals surface area contributed by atoms with Crippen LogP contribution in [0.2, 0.25) is 0 Å². The largest absolute Gasteiger partial charge is 0.483 e. The molecule has 26 heavy (non-hydrogen) atoms. The lowest BCUT2D eigenvalue weighted by molar-refractivity contribution is 0.0661. The number of ether oxygens (including phenoxy) is 1. The average molecular weight is 377 g/mol. The number of thioether (sulfide) groups is 1. The van der Waals surface area contributed by atoms with Crippen LogP contribution in [0.25, 0.3) is 0 Å². The lowest BCUT2D eigenvalue weighted by Crippen LogP contribution is -2.07. The standard InChI is InChI=1S/C17H16FN3O4S/c1-2-21-15(9-24-13-6-4-3-5-12(13)18)19-20-17(21)26-10-11-7-8-14(25-11)16(22)23/h3-8H,2,9-10H2,1H3,(H,22,23). The summed E-state index contributed by atoms with van der Waals surface area (Å²) in [5, 5.41) is 17.7. The third-order valence-corrected chi connectivity index (χ3v) is 4.51. The zero-order valence-electron chi connectivity index (χ0n) is 13.9. The number of carbonyl (C=O) groups is 1. The van der Waals surface area contributed by atoms with E-state index in [4.69, 9.17) is 14.3 Å². The minimum atomic E-state index is -1.11. The molecule has 0 unspecified atom stereocenters. The van der Waals surface area contributed by atoms with Crippen LogP contribution >= 0.6 is 11.8 Å². The van der Waals surface area contributed by atoms with Crippen molar-refractivity contribution in [1.82, 2.24) is 14.8 Å². The summed E-state index contributed by atoms with van der Waals surface area (Å²) in [6.45, 7) is 2.64. The van der Waals surface area contributed by atoms with Crippen LogP contribution in [-0.4, -0.2) is 25.8 Å². The Balaban J connectivity index is 1.65. The molecule has 136 valence electrons. The Morgan fingerprint density at radius 1 is 1.31 bits per heavy atom. The molecule has 0 atom stereocenters. The molecule has 0 spiro atoms. The molecule has 7 nitrogen and oxygen atoms in total. The van der Waals surface area contributed by atoms with E-state index in [0.29, 0.717) is 29.0 Å². The van der Waals surface area contributed by atoms with Gasteiger partial charge in [0, 0.05) is 6.54 Å². The van der Waals surface area contributed by atoms with Crippen molar-refractivity contribution in [3.8, 4) is 5.75 Å². The van der Waals surface area contributed by atoms with Crippen molar-refractivity contribution in [2.45, 2.75) is 31.0 Å². The third kappa shape index (κ3) is 4.05. The Labute approximate surface area is 152 Å². The van der Waals surface area contributed by atoms with Gasteiger partial charge in [0.1, 0.15) is 12.4 Å². The van der Waals surface area contributed by atoms with Gasteiger partial charge in [-0.15, -0.1) is 10.2 Å². The van der Waals surface area contributed by atoms with Gasteiger partial charge in [-0.05, 0) is 31.2 Å². The maximum Gasteiger partial charge on any atom is 0.371 e. The number of benzene rings is 1. The Morgan fingerprint density at radius 3 is 2.81 bits per heavy atom. The molecule has 0 amide bonds. The van der Waals surface area contributed by atoms with E-state index < -0.39 is 11.8 Å². The first kappa shape index (κ1) is 18.0. The van der Waals surface area contributed by atoms with Gasteiger partial charge in [0.15, 0.2) is 22.5 Å². The van der Waals surface area contributed by atoms with E-state index in [-0.39, 0.29) is 18.1 Å². The minimum Gasteiger partial charge on any atom is -0.483 e. The molecule has 0 aliphatic heterocycles. The molecule has 0 fully saturated rings. The van der Waals surface area contributed by atoms with Crippen LogP contribution < -0.4 is 4.74 Å². The summed E-state index contributed by atoms with van der Waals surface area (Å²) in [7, 11) is 0. The van der Waals surface area contributed by atoms with Crippen molar-refractivity contribution in [2.75, 3.05) is 0 Å². The number of para-hydroxylation sites is 1. The maximum absolute atomic E-state index is 13.6. The predicted octanol–water partition coefficient (Wildman–Crippen LogP) is 3.60. The van der Waals surface area contributed by atoms with Crippen molar-refractivity contribution in [3.63, 3.8) is 0 Å². The van der Waals surface area contributed by atoms with Gasteiger partial charge in [-0.25, -0.2) is 9.18 Å². The van der Waals surface area contributed by atoms with Crippen molar-refractivity contribution < 1.29 is 23.4 Å². The van der Waals surface area contributed by atoms with Crippen molar-refractivity contribution >= 4 is 17.7 Å². The zero-order chi connectivity index (χ0) is 18.5. The first-order valence-corrected chi connectivity index (χ1v) is 8.81. The first-order chi connectivity index (χ1) is 12.6. The lowest BCUT2D eigenvalue weighted by atomic mass is 10.3. The highest BCUT2D eigenvalue weighted by Crippen LogP contribution is 2.24. The summed E-state index contributed by atoms with van der Waals surface area (Å²) in [6.07, 6.45) is 0. The summed E-state index contributed by atoms with van der Waals surface area (Å²) in [4.78, 5) is 10.8. The second kappa shape index (κ2) is 8.05. The molecular formula is C17H16FN3O4S. The zero-order valence-corrected chi connectivity index (χ0v) is 14.7. The Bertz CT molecular complexity index is 909. The maximum atomic E-state index is 13.6. The number of aromatic nitrogens is 3. The Morgan fingerprint density at radius 2 is 2.12 bits per heavy atom. The van der Waals surface area contributed by atoms with Gasteiger partial charge >= 0.3 is 5.97 Å². The van der Waals surface area contributed by atoms with E-state index in [0.717, 1.165) is 0 Å². The summed E-state index contributed by atoms with van der Waals surface area (Å²) in [5.74, 6) is 0.0358. The normalized spacial score (nSPS) is 10.8. The molecule has 0 bridgehead atoms. The average Bonchev–Trinajstić information content (AvgIpc) is 3.26. The molecule has 0 aliphatic rings. The van der Waals surface area contributed by atoms with E-state index in [1.54, 1.807) is 24.3 Å². The van der Waals surface area contributed by atoms with Gasteiger partial charge in [-0.1, -0.05) is 23.9 Å². The van der Waals surface area contributed by atoms with Gasteiger partial charge in [0.2, 0.25) is 5.76 Å². The molecule has 0 saturated heterocycles. The minimum absolute atomic E-state index is 0.0895. The number of aromatic carboxylic acids is 1. The van der Waals surface area contributed by atoms with Crippen LogP contribution in [-0.2, 0) is 18.9 Å². The van der Waals surface area contributed by atoms with Crippen LogP contribution in [0.4, 0.5) is 4.39 Å². The van der Waals surface area contributed by atoms with E-state index in [9.17, 15) is 9.18 Å². The van der Waals surface area contributed by atoms with Crippen molar-refractivity contribution in [2.24, 2.45) is 0 Å². The summed E-state index contributed by atoms with van der Waals surface area (Å²) in [6, 6.07) is 9.20. The highest BCUT2D eigenvalue weighted by atomic mass is 32.2. The van der Waals surface area contributed by atoms with Gasteiger partial charge in [0.05, 0.1) is 5.75 Å². The van der Waals surface area contributed by atoms with Crippen LogP contribution in [0.1, 0.15) is 29.1 Å². The third-order valence-electron chi connectivity index (χ3n) is 3.52. The fourth-order valence-corrected chi connectivity index (χ4v) is 3.18. The van der Waals surface area contributed by atoms with Crippen LogP contribution in [0.15, 0.2) is 46.0 Å². The van der Waals surface area contributed by atoms with E-state index in [1.165, 1.54) is 23.9 Å². The molecule has 1 N–H and O–H groups in total. The summed E-state index contributed by atoms with van der Waals surface area (Å²) >= 11 is 1.37. The SMILES string of the molecule is CCn1c(COc2ccccc2F)nnc1SCc1ccc(C(=O)O)o1. The second-order valence-electron chi connectivity index (χ2n) is 5.22. The van der Waals surface area contributed by atoms with Gasteiger partial charge in [-0.2, -0.15) is 0 Å². The molecular weight excluding hydrogens is 361 g/mol. The molecule has 3 rings (SSSR count). The highest BCUT2D eigenvalue weighted by molar-refractivity contribution is 7.98. The highest BCUT2D eigenvalue weighted by Gasteiger charge is 2.15. The van der Waals surface area contributed by atoms with E-state index >= 15 is 0 Å². The topological polar surface area (TPSA) is 90.4 Å². The number of carboxylic acids is 1. The number of nitrogens with zero attached hydrogens (tertiary/aromatic N) is 3. The fraction of sp³-hybridized carbons (Fsp3) is 0.235. The van der Waals surface area contributed by atoms with Crippen molar-refractivity contribution in [1.29, 1.82) is 0 Å². The van der Waals surface area contributed by atoms with Crippen LogP contribution in [0.3, 0.4) is 0 Å². The predicted molar refractivity (Wildman–Crippen MR) is 91.7 cm³/mol. The molecule has 0 radical (unpaired) electrons.